The zero-order valence-electron chi connectivity index (χ0n) is 21.5. The summed E-state index contributed by atoms with van der Waals surface area (Å²) < 4.78 is 14.0. The van der Waals surface area contributed by atoms with Crippen LogP contribution in [0, 0.1) is 0 Å². The van der Waals surface area contributed by atoms with Crippen LogP contribution in [0.3, 0.4) is 0 Å². The molecule has 0 unspecified atom stereocenters. The van der Waals surface area contributed by atoms with Crippen molar-refractivity contribution >= 4 is 27.7 Å². The third-order valence-corrected chi connectivity index (χ3v) is 6.57. The molecule has 0 saturated heterocycles. The Morgan fingerprint density at radius 2 is 1.58 bits per heavy atom. The van der Waals surface area contributed by atoms with Crippen molar-refractivity contribution in [3.63, 3.8) is 0 Å². The van der Waals surface area contributed by atoms with E-state index in [1.54, 1.807) is 0 Å². The van der Waals surface area contributed by atoms with Crippen molar-refractivity contribution in [2.75, 3.05) is 19.8 Å². The van der Waals surface area contributed by atoms with Crippen molar-refractivity contribution < 1.29 is 14.3 Å². The third-order valence-electron chi connectivity index (χ3n) is 6.57. The highest BCUT2D eigenvalue weighted by Crippen LogP contribution is 2.25. The van der Waals surface area contributed by atoms with Gasteiger partial charge >= 0.3 is 0 Å². The monoisotopic (exact) mass is 507 g/mol. The van der Waals surface area contributed by atoms with Gasteiger partial charge in [0, 0.05) is 18.4 Å². The molecular formula is C32H33N3O3. The summed E-state index contributed by atoms with van der Waals surface area (Å²) >= 11 is 0. The average molecular weight is 508 g/mol. The van der Waals surface area contributed by atoms with E-state index in [2.05, 4.69) is 46.3 Å². The Labute approximate surface area is 223 Å². The van der Waals surface area contributed by atoms with Crippen LogP contribution in [0.15, 0.2) is 97.1 Å². The minimum absolute atomic E-state index is 0.0366. The number of hydrogen-bond donors (Lipinski definition) is 1. The van der Waals surface area contributed by atoms with Crippen molar-refractivity contribution in [1.29, 1.82) is 0 Å². The van der Waals surface area contributed by atoms with Gasteiger partial charge < -0.3 is 19.4 Å². The molecule has 0 radical (unpaired) electrons. The van der Waals surface area contributed by atoms with E-state index in [1.165, 1.54) is 5.39 Å². The standard InChI is InChI=1S/C32H33N3O3/c36-32(24-38-26-14-3-1-4-15-26)33-21-10-2-5-20-31-34-28-17-8-9-18-29(28)35(31)22-23-37-30-19-11-13-25-12-6-7-16-27(25)30/h1,3-4,6-9,11-19H,2,5,10,20-24H2,(H,33,36). The number of nitrogens with zero attached hydrogens (tertiary/aromatic N) is 2. The molecule has 1 heterocycles. The number of aromatic nitrogens is 2. The molecule has 0 aliphatic carbocycles. The van der Waals surface area contributed by atoms with E-state index < -0.39 is 0 Å². The first-order valence-electron chi connectivity index (χ1n) is 13.3. The molecule has 6 heteroatoms. The molecule has 0 fully saturated rings. The number of para-hydroxylation sites is 3. The summed E-state index contributed by atoms with van der Waals surface area (Å²) in [6.07, 6.45) is 3.81. The number of amides is 1. The number of ether oxygens (including phenoxy) is 2. The van der Waals surface area contributed by atoms with Crippen LogP contribution in [0.5, 0.6) is 11.5 Å². The van der Waals surface area contributed by atoms with Gasteiger partial charge in [0.2, 0.25) is 0 Å². The predicted octanol–water partition coefficient (Wildman–Crippen LogP) is 6.18. The maximum absolute atomic E-state index is 12.0. The fraction of sp³-hybridized carbons (Fsp3) is 0.250. The van der Waals surface area contributed by atoms with E-state index in [0.29, 0.717) is 18.9 Å². The summed E-state index contributed by atoms with van der Waals surface area (Å²) in [5.41, 5.74) is 2.15. The Hall–Kier alpha value is -4.32. The van der Waals surface area contributed by atoms with Crippen LogP contribution < -0.4 is 14.8 Å². The van der Waals surface area contributed by atoms with Gasteiger partial charge in [-0.3, -0.25) is 4.79 Å². The number of carbonyl (C=O) groups is 1. The summed E-state index contributed by atoms with van der Waals surface area (Å²) in [5, 5.41) is 5.25. The highest BCUT2D eigenvalue weighted by molar-refractivity contribution is 5.88. The number of nitrogens with one attached hydrogen (secondary N) is 1. The summed E-state index contributed by atoms with van der Waals surface area (Å²) in [6, 6.07) is 32.1. The fourth-order valence-electron chi connectivity index (χ4n) is 4.66. The van der Waals surface area contributed by atoms with Crippen LogP contribution in [0.2, 0.25) is 0 Å². The zero-order chi connectivity index (χ0) is 26.0. The first-order valence-corrected chi connectivity index (χ1v) is 13.3. The molecule has 0 atom stereocenters. The SMILES string of the molecule is O=C(COc1ccccc1)NCCCCCc1nc2ccccc2n1CCOc1cccc2ccccc12. The molecule has 0 bridgehead atoms. The lowest BCUT2D eigenvalue weighted by Gasteiger charge is -2.12. The minimum Gasteiger partial charge on any atom is -0.491 e. The Balaban J connectivity index is 1.10. The van der Waals surface area contributed by atoms with E-state index in [4.69, 9.17) is 14.5 Å². The van der Waals surface area contributed by atoms with Crippen molar-refractivity contribution in [2.45, 2.75) is 32.2 Å². The number of hydrogen-bond acceptors (Lipinski definition) is 4. The Morgan fingerprint density at radius 1 is 0.789 bits per heavy atom. The molecule has 194 valence electrons. The molecule has 5 rings (SSSR count). The van der Waals surface area contributed by atoms with E-state index >= 15 is 0 Å². The number of benzene rings is 4. The summed E-state index contributed by atoms with van der Waals surface area (Å²) in [6.45, 7) is 1.98. The van der Waals surface area contributed by atoms with E-state index in [9.17, 15) is 4.79 Å². The average Bonchev–Trinajstić information content (AvgIpc) is 3.31. The summed E-state index contributed by atoms with van der Waals surface area (Å²) in [7, 11) is 0. The third kappa shape index (κ3) is 6.51. The van der Waals surface area contributed by atoms with E-state index in [-0.39, 0.29) is 12.5 Å². The number of carbonyl (C=O) groups excluding carboxylic acids is 1. The predicted molar refractivity (Wildman–Crippen MR) is 152 cm³/mol. The summed E-state index contributed by atoms with van der Waals surface area (Å²) in [4.78, 5) is 16.9. The number of imidazole rings is 1. The van der Waals surface area contributed by atoms with Gasteiger partial charge in [-0.2, -0.15) is 0 Å². The topological polar surface area (TPSA) is 65.4 Å². The molecule has 5 aromatic rings. The van der Waals surface area contributed by atoms with Crippen molar-refractivity contribution in [3.8, 4) is 11.5 Å². The first kappa shape index (κ1) is 25.3. The highest BCUT2D eigenvalue weighted by atomic mass is 16.5. The number of rotatable bonds is 13. The Bertz CT molecular complexity index is 1470. The van der Waals surface area contributed by atoms with Gasteiger partial charge in [-0.25, -0.2) is 4.98 Å². The smallest absolute Gasteiger partial charge is 0.257 e. The minimum atomic E-state index is -0.0955. The van der Waals surface area contributed by atoms with Gasteiger partial charge in [-0.05, 0) is 48.6 Å². The van der Waals surface area contributed by atoms with Crippen molar-refractivity contribution in [3.05, 3.63) is 103 Å². The zero-order valence-corrected chi connectivity index (χ0v) is 21.5. The second-order valence-electron chi connectivity index (χ2n) is 9.26. The number of aryl methyl sites for hydroxylation is 1. The van der Waals surface area contributed by atoms with Gasteiger partial charge in [0.05, 0.1) is 17.6 Å². The maximum atomic E-state index is 12.0. The largest absolute Gasteiger partial charge is 0.491 e. The van der Waals surface area contributed by atoms with Gasteiger partial charge in [0.15, 0.2) is 6.61 Å². The molecule has 1 aromatic heterocycles. The summed E-state index contributed by atoms with van der Waals surface area (Å²) in [5.74, 6) is 2.59. The van der Waals surface area contributed by atoms with Gasteiger partial charge in [0.1, 0.15) is 23.9 Å². The molecule has 0 spiro atoms. The van der Waals surface area contributed by atoms with Crippen LogP contribution in [0.1, 0.15) is 25.1 Å². The van der Waals surface area contributed by atoms with Gasteiger partial charge in [-0.15, -0.1) is 0 Å². The Kier molecular flexibility index (Phi) is 8.51. The highest BCUT2D eigenvalue weighted by Gasteiger charge is 2.11. The second-order valence-corrected chi connectivity index (χ2v) is 9.26. The quantitative estimate of drug-likeness (QED) is 0.193. The lowest BCUT2D eigenvalue weighted by atomic mass is 10.1. The molecule has 0 saturated carbocycles. The first-order chi connectivity index (χ1) is 18.8. The molecule has 6 nitrogen and oxygen atoms in total. The normalized spacial score (nSPS) is 11.1. The Morgan fingerprint density at radius 3 is 2.50 bits per heavy atom. The van der Waals surface area contributed by atoms with Crippen LogP contribution >= 0.6 is 0 Å². The molecule has 1 N–H and O–H groups in total. The van der Waals surface area contributed by atoms with Crippen molar-refractivity contribution in [1.82, 2.24) is 14.9 Å². The second kappa shape index (κ2) is 12.8. The van der Waals surface area contributed by atoms with E-state index in [1.807, 2.05) is 60.7 Å². The number of fused-ring (bicyclic) bond motifs is 2. The lowest BCUT2D eigenvalue weighted by molar-refractivity contribution is -0.123. The lowest BCUT2D eigenvalue weighted by Crippen LogP contribution is -2.29. The molecular weight excluding hydrogens is 474 g/mol. The number of unbranched alkanes of at least 4 members (excludes halogenated alkanes) is 2. The van der Waals surface area contributed by atoms with Crippen LogP contribution in [-0.4, -0.2) is 35.2 Å². The fourth-order valence-corrected chi connectivity index (χ4v) is 4.66. The van der Waals surface area contributed by atoms with Gasteiger partial charge in [-0.1, -0.05) is 73.2 Å². The van der Waals surface area contributed by atoms with Crippen LogP contribution in [0.25, 0.3) is 21.8 Å². The molecule has 38 heavy (non-hydrogen) atoms. The molecule has 4 aromatic carbocycles. The maximum Gasteiger partial charge on any atom is 0.257 e. The van der Waals surface area contributed by atoms with Crippen LogP contribution in [-0.2, 0) is 17.8 Å². The molecule has 0 aliphatic heterocycles. The van der Waals surface area contributed by atoms with E-state index in [0.717, 1.165) is 60.2 Å². The van der Waals surface area contributed by atoms with Gasteiger partial charge in [0.25, 0.3) is 5.91 Å². The molecule has 1 amide bonds. The van der Waals surface area contributed by atoms with Crippen LogP contribution in [0.4, 0.5) is 0 Å². The van der Waals surface area contributed by atoms with Crippen molar-refractivity contribution in [2.24, 2.45) is 0 Å². The molecule has 0 aliphatic rings.